The van der Waals surface area contributed by atoms with E-state index >= 15 is 0 Å². The first-order chi connectivity index (χ1) is 20.0. The highest BCUT2D eigenvalue weighted by Gasteiger charge is 2.80. The van der Waals surface area contributed by atoms with E-state index in [1.807, 2.05) is 34.6 Å². The lowest BCUT2D eigenvalue weighted by Crippen LogP contribution is -2.57. The summed E-state index contributed by atoms with van der Waals surface area (Å²) in [4.78, 5) is 44.0. The van der Waals surface area contributed by atoms with Crippen molar-refractivity contribution in [3.8, 4) is 11.5 Å². The second-order valence-corrected chi connectivity index (χ2v) is 12.1. The highest BCUT2D eigenvalue weighted by molar-refractivity contribution is 6.05. The van der Waals surface area contributed by atoms with Crippen molar-refractivity contribution in [3.63, 3.8) is 0 Å². The number of rotatable bonds is 10. The zero-order chi connectivity index (χ0) is 30.4. The summed E-state index contributed by atoms with van der Waals surface area (Å²) >= 11 is 0. The molecule has 226 valence electrons. The Balaban J connectivity index is 1.52. The van der Waals surface area contributed by atoms with Crippen LogP contribution in [0.1, 0.15) is 41.0 Å². The third-order valence-electron chi connectivity index (χ3n) is 9.39. The van der Waals surface area contributed by atoms with Crippen LogP contribution in [0, 0.1) is 23.7 Å². The van der Waals surface area contributed by atoms with Crippen molar-refractivity contribution in [2.45, 2.75) is 64.3 Å². The summed E-state index contributed by atoms with van der Waals surface area (Å²) in [7, 11) is 1.56. The van der Waals surface area contributed by atoms with E-state index in [4.69, 9.17) is 14.2 Å². The van der Waals surface area contributed by atoms with Crippen molar-refractivity contribution in [3.05, 3.63) is 48.5 Å². The number of methoxy groups -OCH3 is 1. The summed E-state index contributed by atoms with van der Waals surface area (Å²) in [6.07, 6.45) is 0.431. The zero-order valence-corrected chi connectivity index (χ0v) is 25.0. The number of likely N-dealkylation sites (tertiary alicyclic amines) is 1. The molecule has 0 saturated carbocycles. The van der Waals surface area contributed by atoms with Gasteiger partial charge in [0.1, 0.15) is 23.1 Å². The molecule has 3 aliphatic heterocycles. The molecule has 2 aromatic carbocycles. The molecule has 3 heterocycles. The fourth-order valence-electron chi connectivity index (χ4n) is 7.26. The van der Waals surface area contributed by atoms with Crippen molar-refractivity contribution in [1.29, 1.82) is 0 Å². The van der Waals surface area contributed by atoms with Gasteiger partial charge in [-0.2, -0.15) is 0 Å². The second kappa shape index (κ2) is 11.2. The van der Waals surface area contributed by atoms with Crippen molar-refractivity contribution < 1.29 is 33.7 Å². The van der Waals surface area contributed by atoms with Gasteiger partial charge in [-0.15, -0.1) is 0 Å². The molecule has 7 atom stereocenters. The number of carbonyl (C=O) groups excluding carboxylic acids is 3. The van der Waals surface area contributed by atoms with Crippen LogP contribution in [0.3, 0.4) is 0 Å². The molecule has 5 rings (SSSR count). The first-order valence-electron chi connectivity index (χ1n) is 14.6. The van der Waals surface area contributed by atoms with Crippen molar-refractivity contribution in [1.82, 2.24) is 4.90 Å². The van der Waals surface area contributed by atoms with E-state index in [0.29, 0.717) is 35.9 Å². The van der Waals surface area contributed by atoms with Crippen LogP contribution in [-0.4, -0.2) is 71.3 Å². The van der Waals surface area contributed by atoms with Crippen LogP contribution in [0.2, 0.25) is 0 Å². The quantitative estimate of drug-likeness (QED) is 0.392. The highest BCUT2D eigenvalue weighted by atomic mass is 16.5. The Labute approximate surface area is 246 Å². The number of ether oxygens (including phenoxy) is 3. The first-order valence-corrected chi connectivity index (χ1v) is 14.6. The summed E-state index contributed by atoms with van der Waals surface area (Å²) in [6, 6.07) is 12.3. The Kier molecular flexibility index (Phi) is 7.98. The van der Waals surface area contributed by atoms with Crippen molar-refractivity contribution in [2.75, 3.05) is 31.0 Å². The van der Waals surface area contributed by atoms with Crippen molar-refractivity contribution in [2.24, 2.45) is 23.7 Å². The maximum absolute atomic E-state index is 14.4. The van der Waals surface area contributed by atoms with Gasteiger partial charge in [0, 0.05) is 11.4 Å². The summed E-state index contributed by atoms with van der Waals surface area (Å²) in [5.74, 6) is -1.75. The first kappa shape index (κ1) is 29.8. The number of anilines is 2. The van der Waals surface area contributed by atoms with Crippen molar-refractivity contribution >= 4 is 29.1 Å². The monoisotopic (exact) mass is 579 g/mol. The predicted molar refractivity (Wildman–Crippen MR) is 157 cm³/mol. The topological polar surface area (TPSA) is 126 Å². The highest BCUT2D eigenvalue weighted by Crippen LogP contribution is 2.65. The number of nitrogens with zero attached hydrogens (tertiary/aromatic N) is 1. The van der Waals surface area contributed by atoms with Gasteiger partial charge in [-0.1, -0.05) is 20.8 Å². The molecule has 3 amide bonds. The van der Waals surface area contributed by atoms with E-state index < -0.39 is 41.0 Å². The lowest BCUT2D eigenvalue weighted by atomic mass is 9.62. The molecular formula is C32H41N3O7. The molecular weight excluding hydrogens is 538 g/mol. The minimum atomic E-state index is -1.23. The Morgan fingerprint density at radius 1 is 1.05 bits per heavy atom. The number of aliphatic hydroxyl groups excluding tert-OH is 1. The number of hydrogen-bond donors (Lipinski definition) is 3. The fraction of sp³-hybridized carbons (Fsp3) is 0.531. The van der Waals surface area contributed by atoms with Crippen LogP contribution in [0.15, 0.2) is 48.5 Å². The van der Waals surface area contributed by atoms with Crippen LogP contribution in [0.25, 0.3) is 0 Å². The van der Waals surface area contributed by atoms with Gasteiger partial charge < -0.3 is 34.9 Å². The van der Waals surface area contributed by atoms with E-state index in [1.165, 1.54) is 4.90 Å². The van der Waals surface area contributed by atoms with Gasteiger partial charge in [-0.3, -0.25) is 14.4 Å². The molecule has 3 aliphatic rings. The van der Waals surface area contributed by atoms with E-state index in [0.717, 1.165) is 0 Å². The lowest BCUT2D eigenvalue weighted by molar-refractivity contribution is -0.149. The Morgan fingerprint density at radius 2 is 1.62 bits per heavy atom. The maximum Gasteiger partial charge on any atom is 0.250 e. The van der Waals surface area contributed by atoms with Crippen LogP contribution in [0.4, 0.5) is 11.4 Å². The van der Waals surface area contributed by atoms with Gasteiger partial charge >= 0.3 is 0 Å². The molecule has 0 radical (unpaired) electrons. The summed E-state index contributed by atoms with van der Waals surface area (Å²) in [6.45, 7) is 9.77. The van der Waals surface area contributed by atoms with E-state index in [2.05, 4.69) is 10.6 Å². The van der Waals surface area contributed by atoms with Gasteiger partial charge in [0.05, 0.1) is 43.8 Å². The lowest BCUT2D eigenvalue weighted by Gasteiger charge is -2.38. The molecule has 42 heavy (non-hydrogen) atoms. The average molecular weight is 580 g/mol. The smallest absolute Gasteiger partial charge is 0.250 e. The zero-order valence-electron chi connectivity index (χ0n) is 25.0. The molecule has 3 fully saturated rings. The summed E-state index contributed by atoms with van der Waals surface area (Å²) in [5, 5.41) is 16.4. The molecule has 1 spiro atoms. The summed E-state index contributed by atoms with van der Waals surface area (Å²) in [5.41, 5.74) is -1.09. The molecule has 10 nitrogen and oxygen atoms in total. The van der Waals surface area contributed by atoms with Crippen LogP contribution in [-0.2, 0) is 19.1 Å². The Morgan fingerprint density at radius 3 is 2.14 bits per heavy atom. The van der Waals surface area contributed by atoms with Crippen LogP contribution >= 0.6 is 0 Å². The molecule has 0 aromatic heterocycles. The fourth-order valence-corrected chi connectivity index (χ4v) is 7.26. The third kappa shape index (κ3) is 4.70. The maximum atomic E-state index is 14.4. The molecule has 3 unspecified atom stereocenters. The van der Waals surface area contributed by atoms with Gasteiger partial charge in [-0.25, -0.2) is 0 Å². The number of hydrogen-bond acceptors (Lipinski definition) is 7. The van der Waals surface area contributed by atoms with Gasteiger partial charge in [0.15, 0.2) is 0 Å². The van der Waals surface area contributed by atoms with Crippen LogP contribution in [0.5, 0.6) is 11.5 Å². The number of amides is 3. The SMILES string of the molecule is CCOc1ccc(NC(=O)[C@H]2[C@H]3C(=O)N([C@@H](CO)C(C)C)C(C(=O)Nc4ccc(OC)cc4)C34CC(C)[C@]2(C)O4)cc1. The second-order valence-electron chi connectivity index (χ2n) is 12.1. The standard InChI is InChI=1S/C32H41N3O7/c1-7-41-23-14-10-20(11-15-23)33-28(37)25-26-30(39)35(24(17-36)18(2)3)27(32(26)16-19(4)31(25,5)42-32)29(38)34-21-8-12-22(40-6)13-9-21/h8-15,18-19,24-27,36H,7,16-17H2,1-6H3,(H,33,37)(H,34,38)/t19?,24-,25+,26-,27?,31-,32?/m0/s1. The Bertz CT molecular complexity index is 1330. The molecule has 3 N–H and O–H groups in total. The van der Waals surface area contributed by atoms with Gasteiger partial charge in [0.25, 0.3) is 0 Å². The van der Waals surface area contributed by atoms with E-state index in [-0.39, 0.29) is 30.3 Å². The average Bonchev–Trinajstić information content (AvgIpc) is 3.47. The normalized spacial score (nSPS) is 30.3. The predicted octanol–water partition coefficient (Wildman–Crippen LogP) is 3.70. The van der Waals surface area contributed by atoms with Gasteiger partial charge in [0.2, 0.25) is 17.7 Å². The Hall–Kier alpha value is -3.63. The minimum Gasteiger partial charge on any atom is -0.497 e. The number of nitrogens with one attached hydrogen (secondary N) is 2. The van der Waals surface area contributed by atoms with E-state index in [1.54, 1.807) is 55.6 Å². The molecule has 2 aromatic rings. The molecule has 2 bridgehead atoms. The molecule has 3 saturated heterocycles. The largest absolute Gasteiger partial charge is 0.497 e. The molecule has 10 heteroatoms. The number of aliphatic hydroxyl groups is 1. The van der Waals surface area contributed by atoms with E-state index in [9.17, 15) is 19.5 Å². The van der Waals surface area contributed by atoms with Crippen LogP contribution < -0.4 is 20.1 Å². The van der Waals surface area contributed by atoms with Gasteiger partial charge in [-0.05, 0) is 80.6 Å². The minimum absolute atomic E-state index is 0.111. The third-order valence-corrected chi connectivity index (χ3v) is 9.39. The number of fused-ring (bicyclic) bond motifs is 1. The summed E-state index contributed by atoms with van der Waals surface area (Å²) < 4.78 is 17.5. The number of benzene rings is 2. The molecule has 0 aliphatic carbocycles. The number of carbonyl (C=O) groups is 3.